The molecule has 2 rings (SSSR count). The lowest BCUT2D eigenvalue weighted by Crippen LogP contribution is -2.09. The van der Waals surface area contributed by atoms with Crippen LogP contribution in [-0.4, -0.2) is 41.3 Å². The van der Waals surface area contributed by atoms with Gasteiger partial charge in [0.05, 0.1) is 18.5 Å². The number of thioether (sulfide) groups is 1. The summed E-state index contributed by atoms with van der Waals surface area (Å²) in [4.78, 5) is 21.1. The Bertz CT molecular complexity index is 642. The van der Waals surface area contributed by atoms with Crippen LogP contribution >= 0.6 is 11.8 Å². The minimum absolute atomic E-state index is 0.135. The molecule has 0 fully saturated rings. The highest BCUT2D eigenvalue weighted by Crippen LogP contribution is 2.25. The number of tetrazole rings is 1. The second-order valence-electron chi connectivity index (χ2n) is 4.05. The summed E-state index contributed by atoms with van der Waals surface area (Å²) in [6.07, 6.45) is 0.650. The van der Waals surface area contributed by atoms with E-state index in [0.29, 0.717) is 34.5 Å². The van der Waals surface area contributed by atoms with Gasteiger partial charge in [0.1, 0.15) is 16.4 Å². The van der Waals surface area contributed by atoms with E-state index in [4.69, 9.17) is 0 Å². The zero-order valence-corrected chi connectivity index (χ0v) is 12.2. The van der Waals surface area contributed by atoms with Crippen molar-refractivity contribution in [1.82, 2.24) is 30.2 Å². The van der Waals surface area contributed by atoms with E-state index < -0.39 is 5.97 Å². The first kappa shape index (κ1) is 14.4. The zero-order valence-electron chi connectivity index (χ0n) is 11.4. The van der Waals surface area contributed by atoms with E-state index in [1.807, 2.05) is 6.92 Å². The summed E-state index contributed by atoms with van der Waals surface area (Å²) in [5.74, 6) is 0.540. The predicted octanol–water partition coefficient (Wildman–Crippen LogP) is 0.861. The fourth-order valence-electron chi connectivity index (χ4n) is 1.63. The third-order valence-electron chi connectivity index (χ3n) is 2.52. The smallest absolute Gasteiger partial charge is 0.340 e. The molecule has 0 unspecified atom stereocenters. The molecule has 0 radical (unpaired) electrons. The SMILES string of the molecule is CCc1nc(C)c(C(=O)O)c(SCc2nnn(C)n2)n1. The van der Waals surface area contributed by atoms with Crippen LogP contribution in [-0.2, 0) is 19.2 Å². The van der Waals surface area contributed by atoms with Crippen LogP contribution in [0, 0.1) is 6.92 Å². The van der Waals surface area contributed by atoms with Gasteiger partial charge in [0.25, 0.3) is 0 Å². The Labute approximate surface area is 119 Å². The molecule has 0 amide bonds. The van der Waals surface area contributed by atoms with Gasteiger partial charge in [-0.15, -0.1) is 10.2 Å². The summed E-state index contributed by atoms with van der Waals surface area (Å²) in [6, 6.07) is 0. The van der Waals surface area contributed by atoms with E-state index >= 15 is 0 Å². The number of carboxylic acid groups (broad SMARTS) is 1. The van der Waals surface area contributed by atoms with E-state index in [0.717, 1.165) is 0 Å². The molecule has 0 aromatic carbocycles. The Balaban J connectivity index is 2.28. The van der Waals surface area contributed by atoms with Crippen molar-refractivity contribution in [2.24, 2.45) is 7.05 Å². The van der Waals surface area contributed by atoms with Crippen LogP contribution in [0.25, 0.3) is 0 Å². The average Bonchev–Trinajstić information content (AvgIpc) is 2.81. The number of hydrogen-bond acceptors (Lipinski definition) is 7. The molecule has 8 nitrogen and oxygen atoms in total. The van der Waals surface area contributed by atoms with Crippen molar-refractivity contribution in [3.05, 3.63) is 22.9 Å². The van der Waals surface area contributed by atoms with Crippen molar-refractivity contribution < 1.29 is 9.90 Å². The molecule has 2 aromatic heterocycles. The van der Waals surface area contributed by atoms with Gasteiger partial charge in [-0.3, -0.25) is 0 Å². The summed E-state index contributed by atoms with van der Waals surface area (Å²) in [7, 11) is 1.67. The van der Waals surface area contributed by atoms with E-state index in [-0.39, 0.29) is 5.56 Å². The molecule has 106 valence electrons. The Kier molecular flexibility index (Phi) is 4.28. The van der Waals surface area contributed by atoms with Crippen LogP contribution in [0.5, 0.6) is 0 Å². The second kappa shape index (κ2) is 5.95. The highest BCUT2D eigenvalue weighted by Gasteiger charge is 2.18. The predicted molar refractivity (Wildman–Crippen MR) is 71.5 cm³/mol. The molecule has 0 aliphatic heterocycles. The van der Waals surface area contributed by atoms with E-state index in [1.165, 1.54) is 16.6 Å². The number of aryl methyl sites for hydroxylation is 3. The number of nitrogens with zero attached hydrogens (tertiary/aromatic N) is 6. The number of aromatic nitrogens is 6. The van der Waals surface area contributed by atoms with Gasteiger partial charge in [0.2, 0.25) is 0 Å². The normalized spacial score (nSPS) is 10.8. The van der Waals surface area contributed by atoms with Gasteiger partial charge >= 0.3 is 5.97 Å². The molecule has 20 heavy (non-hydrogen) atoms. The molecule has 0 aliphatic carbocycles. The number of hydrogen-bond donors (Lipinski definition) is 1. The van der Waals surface area contributed by atoms with Crippen LogP contribution in [0.15, 0.2) is 5.03 Å². The van der Waals surface area contributed by atoms with Crippen molar-refractivity contribution in [2.45, 2.75) is 31.0 Å². The van der Waals surface area contributed by atoms with Crippen molar-refractivity contribution >= 4 is 17.7 Å². The average molecular weight is 294 g/mol. The second-order valence-corrected chi connectivity index (χ2v) is 5.01. The molecule has 0 atom stereocenters. The molecule has 2 aromatic rings. The number of aromatic carboxylic acids is 1. The molecule has 0 spiro atoms. The Morgan fingerprint density at radius 2 is 2.10 bits per heavy atom. The lowest BCUT2D eigenvalue weighted by Gasteiger charge is -2.08. The number of carbonyl (C=O) groups is 1. The summed E-state index contributed by atoms with van der Waals surface area (Å²) in [6.45, 7) is 3.60. The standard InChI is InChI=1S/C11H14N6O2S/c1-4-7-12-6(2)9(11(18)19)10(13-7)20-5-8-14-16-17(3)15-8/h4-5H2,1-3H3,(H,18,19). The fourth-order valence-corrected chi connectivity index (χ4v) is 2.56. The van der Waals surface area contributed by atoms with Gasteiger partial charge in [-0.05, 0) is 12.1 Å². The maximum absolute atomic E-state index is 11.3. The summed E-state index contributed by atoms with van der Waals surface area (Å²) >= 11 is 1.28. The van der Waals surface area contributed by atoms with Gasteiger partial charge in [-0.25, -0.2) is 14.8 Å². The third kappa shape index (κ3) is 3.10. The Morgan fingerprint density at radius 1 is 1.35 bits per heavy atom. The molecule has 1 N–H and O–H groups in total. The number of rotatable bonds is 5. The molecule has 9 heteroatoms. The van der Waals surface area contributed by atoms with Crippen molar-refractivity contribution in [3.63, 3.8) is 0 Å². The highest BCUT2D eigenvalue weighted by atomic mass is 32.2. The minimum atomic E-state index is -1.03. The summed E-state index contributed by atoms with van der Waals surface area (Å²) in [5.41, 5.74) is 0.607. The van der Waals surface area contributed by atoms with Crippen LogP contribution in [0.1, 0.15) is 34.6 Å². The quantitative estimate of drug-likeness (QED) is 0.639. The van der Waals surface area contributed by atoms with E-state index in [1.54, 1.807) is 14.0 Å². The number of carboxylic acids is 1. The van der Waals surface area contributed by atoms with Gasteiger partial charge in [-0.1, -0.05) is 18.7 Å². The van der Waals surface area contributed by atoms with Crippen LogP contribution < -0.4 is 0 Å². The van der Waals surface area contributed by atoms with Crippen LogP contribution in [0.2, 0.25) is 0 Å². The van der Waals surface area contributed by atoms with Gasteiger partial charge in [0, 0.05) is 6.42 Å². The molecule has 0 saturated heterocycles. The topological polar surface area (TPSA) is 107 Å². The minimum Gasteiger partial charge on any atom is -0.478 e. The molecular formula is C11H14N6O2S. The lowest BCUT2D eigenvalue weighted by molar-refractivity contribution is 0.0690. The fraction of sp³-hybridized carbons (Fsp3) is 0.455. The van der Waals surface area contributed by atoms with Gasteiger partial charge in [-0.2, -0.15) is 4.80 Å². The Hall–Kier alpha value is -2.03. The molecule has 2 heterocycles. The first-order valence-corrected chi connectivity index (χ1v) is 6.96. The van der Waals surface area contributed by atoms with Gasteiger partial charge < -0.3 is 5.11 Å². The maximum atomic E-state index is 11.3. The van der Waals surface area contributed by atoms with Gasteiger partial charge in [0.15, 0.2) is 5.82 Å². The first-order valence-electron chi connectivity index (χ1n) is 5.97. The largest absolute Gasteiger partial charge is 0.478 e. The van der Waals surface area contributed by atoms with Crippen LogP contribution in [0.3, 0.4) is 0 Å². The first-order chi connectivity index (χ1) is 9.51. The summed E-state index contributed by atoms with van der Waals surface area (Å²) < 4.78 is 0. The van der Waals surface area contributed by atoms with Crippen molar-refractivity contribution in [3.8, 4) is 0 Å². The third-order valence-corrected chi connectivity index (χ3v) is 3.49. The summed E-state index contributed by atoms with van der Waals surface area (Å²) in [5, 5.41) is 21.3. The molecule has 0 saturated carbocycles. The molecule has 0 bridgehead atoms. The van der Waals surface area contributed by atoms with Crippen molar-refractivity contribution in [1.29, 1.82) is 0 Å². The molecular weight excluding hydrogens is 280 g/mol. The zero-order chi connectivity index (χ0) is 14.7. The molecule has 0 aliphatic rings. The Morgan fingerprint density at radius 3 is 2.65 bits per heavy atom. The monoisotopic (exact) mass is 294 g/mol. The van der Waals surface area contributed by atoms with Crippen molar-refractivity contribution in [2.75, 3.05) is 0 Å². The van der Waals surface area contributed by atoms with E-state index in [2.05, 4.69) is 25.4 Å². The van der Waals surface area contributed by atoms with Crippen LogP contribution in [0.4, 0.5) is 0 Å². The highest BCUT2D eigenvalue weighted by molar-refractivity contribution is 7.98. The lowest BCUT2D eigenvalue weighted by atomic mass is 10.2. The van der Waals surface area contributed by atoms with E-state index in [9.17, 15) is 9.90 Å². The maximum Gasteiger partial charge on any atom is 0.340 e.